The second kappa shape index (κ2) is 5.32. The molecule has 14 heavy (non-hydrogen) atoms. The van der Waals surface area contributed by atoms with Gasteiger partial charge < -0.3 is 9.84 Å². The van der Waals surface area contributed by atoms with E-state index in [1.54, 1.807) is 0 Å². The van der Waals surface area contributed by atoms with Crippen molar-refractivity contribution in [1.29, 1.82) is 0 Å². The number of piperidine rings is 1. The summed E-state index contributed by atoms with van der Waals surface area (Å²) in [4.78, 5) is 13.2. The van der Waals surface area contributed by atoms with Gasteiger partial charge in [0.05, 0.1) is 20.3 Å². The van der Waals surface area contributed by atoms with E-state index in [0.29, 0.717) is 12.6 Å². The Bertz CT molecular complexity index is 196. The molecule has 1 fully saturated rings. The van der Waals surface area contributed by atoms with Gasteiger partial charge in [-0.3, -0.25) is 9.69 Å². The second-order valence-electron chi connectivity index (χ2n) is 3.86. The molecule has 1 rings (SSSR count). The third-order valence-electron chi connectivity index (χ3n) is 2.94. The second-order valence-corrected chi connectivity index (χ2v) is 3.86. The fourth-order valence-electron chi connectivity index (χ4n) is 2.04. The number of rotatable bonds is 3. The van der Waals surface area contributed by atoms with E-state index in [1.165, 1.54) is 7.11 Å². The molecular formula is C10H19NO3. The lowest BCUT2D eigenvalue weighted by Gasteiger charge is -2.38. The van der Waals surface area contributed by atoms with Crippen LogP contribution in [-0.4, -0.2) is 48.3 Å². The van der Waals surface area contributed by atoms with Gasteiger partial charge in [-0.25, -0.2) is 0 Å². The number of aliphatic hydroxyl groups is 1. The SMILES string of the molecule is COC(=O)CN1C(C)CCCC1CO. The number of ether oxygens (including phenoxy) is 1. The fraction of sp³-hybridized carbons (Fsp3) is 0.900. The summed E-state index contributed by atoms with van der Waals surface area (Å²) >= 11 is 0. The van der Waals surface area contributed by atoms with Crippen LogP contribution in [0.4, 0.5) is 0 Å². The molecule has 0 aromatic rings. The Morgan fingerprint density at radius 1 is 1.57 bits per heavy atom. The first-order valence-corrected chi connectivity index (χ1v) is 5.12. The van der Waals surface area contributed by atoms with Crippen LogP contribution in [0.5, 0.6) is 0 Å². The first-order valence-electron chi connectivity index (χ1n) is 5.12. The van der Waals surface area contributed by atoms with Crippen LogP contribution in [0.2, 0.25) is 0 Å². The predicted octanol–water partition coefficient (Wildman–Crippen LogP) is 0.395. The Balaban J connectivity index is 2.54. The van der Waals surface area contributed by atoms with Crippen molar-refractivity contribution in [2.45, 2.75) is 38.3 Å². The van der Waals surface area contributed by atoms with Crippen molar-refractivity contribution in [2.75, 3.05) is 20.3 Å². The molecule has 0 bridgehead atoms. The Hall–Kier alpha value is -0.610. The number of esters is 1. The maximum Gasteiger partial charge on any atom is 0.319 e. The molecule has 2 atom stereocenters. The summed E-state index contributed by atoms with van der Waals surface area (Å²) in [6, 6.07) is 0.484. The van der Waals surface area contributed by atoms with Crippen LogP contribution in [0.3, 0.4) is 0 Å². The summed E-state index contributed by atoms with van der Waals surface area (Å²) in [5, 5.41) is 9.17. The largest absolute Gasteiger partial charge is 0.468 e. The van der Waals surface area contributed by atoms with Gasteiger partial charge >= 0.3 is 5.97 Å². The molecule has 1 saturated heterocycles. The van der Waals surface area contributed by atoms with E-state index in [9.17, 15) is 9.90 Å². The number of methoxy groups -OCH3 is 1. The molecule has 0 aliphatic carbocycles. The first kappa shape index (κ1) is 11.5. The van der Waals surface area contributed by atoms with E-state index in [4.69, 9.17) is 0 Å². The van der Waals surface area contributed by atoms with E-state index in [1.807, 2.05) is 4.90 Å². The van der Waals surface area contributed by atoms with Crippen LogP contribution in [0.1, 0.15) is 26.2 Å². The van der Waals surface area contributed by atoms with Crippen molar-refractivity contribution in [2.24, 2.45) is 0 Å². The highest BCUT2D eigenvalue weighted by Crippen LogP contribution is 2.22. The van der Waals surface area contributed by atoms with Gasteiger partial charge in [0.2, 0.25) is 0 Å². The molecule has 0 radical (unpaired) electrons. The molecular weight excluding hydrogens is 182 g/mol. The van der Waals surface area contributed by atoms with Crippen LogP contribution >= 0.6 is 0 Å². The minimum atomic E-state index is -0.225. The van der Waals surface area contributed by atoms with Crippen molar-refractivity contribution in [3.05, 3.63) is 0 Å². The van der Waals surface area contributed by atoms with E-state index in [-0.39, 0.29) is 18.6 Å². The minimum Gasteiger partial charge on any atom is -0.468 e. The molecule has 2 unspecified atom stereocenters. The lowest BCUT2D eigenvalue weighted by Crippen LogP contribution is -2.49. The molecule has 0 amide bonds. The van der Waals surface area contributed by atoms with Gasteiger partial charge in [0.15, 0.2) is 0 Å². The molecule has 1 heterocycles. The van der Waals surface area contributed by atoms with Gasteiger partial charge in [0.1, 0.15) is 0 Å². The van der Waals surface area contributed by atoms with Crippen LogP contribution in [0, 0.1) is 0 Å². The average molecular weight is 201 g/mol. The normalized spacial score (nSPS) is 28.8. The molecule has 0 aromatic carbocycles. The monoisotopic (exact) mass is 201 g/mol. The molecule has 0 aromatic heterocycles. The van der Waals surface area contributed by atoms with Gasteiger partial charge in [-0.05, 0) is 19.8 Å². The van der Waals surface area contributed by atoms with Crippen molar-refractivity contribution in [1.82, 2.24) is 4.90 Å². The van der Waals surface area contributed by atoms with Crippen LogP contribution in [0.25, 0.3) is 0 Å². The van der Waals surface area contributed by atoms with Crippen molar-refractivity contribution in [3.8, 4) is 0 Å². The minimum absolute atomic E-state index is 0.123. The molecule has 1 aliphatic rings. The van der Waals surface area contributed by atoms with Gasteiger partial charge in [0, 0.05) is 12.1 Å². The number of aliphatic hydroxyl groups excluding tert-OH is 1. The first-order chi connectivity index (χ1) is 6.69. The maximum absolute atomic E-state index is 11.1. The van der Waals surface area contributed by atoms with E-state index in [2.05, 4.69) is 11.7 Å². The van der Waals surface area contributed by atoms with Crippen LogP contribution in [0.15, 0.2) is 0 Å². The summed E-state index contributed by atoms with van der Waals surface area (Å²) in [5.74, 6) is -0.225. The topological polar surface area (TPSA) is 49.8 Å². The smallest absolute Gasteiger partial charge is 0.319 e. The summed E-state index contributed by atoms with van der Waals surface area (Å²) in [6.45, 7) is 2.51. The van der Waals surface area contributed by atoms with Crippen molar-refractivity contribution >= 4 is 5.97 Å². The highest BCUT2D eigenvalue weighted by atomic mass is 16.5. The zero-order valence-corrected chi connectivity index (χ0v) is 8.90. The Labute approximate surface area is 84.8 Å². The van der Waals surface area contributed by atoms with Gasteiger partial charge in [0.25, 0.3) is 0 Å². The molecule has 0 spiro atoms. The van der Waals surface area contributed by atoms with Gasteiger partial charge in [-0.1, -0.05) is 6.42 Å². The molecule has 0 saturated carbocycles. The lowest BCUT2D eigenvalue weighted by atomic mass is 9.97. The predicted molar refractivity (Wildman–Crippen MR) is 52.9 cm³/mol. The number of carbonyl (C=O) groups is 1. The summed E-state index contributed by atoms with van der Waals surface area (Å²) in [6.07, 6.45) is 3.19. The quantitative estimate of drug-likeness (QED) is 0.671. The van der Waals surface area contributed by atoms with E-state index < -0.39 is 0 Å². The summed E-state index contributed by atoms with van der Waals surface area (Å²) < 4.78 is 4.63. The summed E-state index contributed by atoms with van der Waals surface area (Å²) in [7, 11) is 1.39. The van der Waals surface area contributed by atoms with Gasteiger partial charge in [-0.2, -0.15) is 0 Å². The highest BCUT2D eigenvalue weighted by Gasteiger charge is 2.28. The van der Waals surface area contributed by atoms with Gasteiger partial charge in [-0.15, -0.1) is 0 Å². The van der Waals surface area contributed by atoms with E-state index in [0.717, 1.165) is 19.3 Å². The number of nitrogens with zero attached hydrogens (tertiary/aromatic N) is 1. The maximum atomic E-state index is 11.1. The molecule has 4 nitrogen and oxygen atoms in total. The number of hydrogen-bond donors (Lipinski definition) is 1. The van der Waals surface area contributed by atoms with Crippen LogP contribution < -0.4 is 0 Å². The number of carbonyl (C=O) groups excluding carboxylic acids is 1. The molecule has 4 heteroatoms. The molecule has 82 valence electrons. The number of hydrogen-bond acceptors (Lipinski definition) is 4. The van der Waals surface area contributed by atoms with E-state index >= 15 is 0 Å². The zero-order chi connectivity index (χ0) is 10.6. The standard InChI is InChI=1S/C10H19NO3/c1-8-4-3-5-9(7-12)11(8)6-10(13)14-2/h8-9,12H,3-7H2,1-2H3. The Morgan fingerprint density at radius 3 is 2.86 bits per heavy atom. The van der Waals surface area contributed by atoms with Crippen molar-refractivity contribution in [3.63, 3.8) is 0 Å². The highest BCUT2D eigenvalue weighted by molar-refractivity contribution is 5.71. The third kappa shape index (κ3) is 2.69. The number of likely N-dealkylation sites (tertiary alicyclic amines) is 1. The molecule has 1 aliphatic heterocycles. The van der Waals surface area contributed by atoms with Crippen LogP contribution in [-0.2, 0) is 9.53 Å². The Kier molecular flexibility index (Phi) is 4.35. The molecule has 1 N–H and O–H groups in total. The zero-order valence-electron chi connectivity index (χ0n) is 8.90. The average Bonchev–Trinajstić information content (AvgIpc) is 2.20. The fourth-order valence-corrected chi connectivity index (χ4v) is 2.04. The Morgan fingerprint density at radius 2 is 2.29 bits per heavy atom. The third-order valence-corrected chi connectivity index (χ3v) is 2.94. The summed E-state index contributed by atoms with van der Waals surface area (Å²) in [5.41, 5.74) is 0. The van der Waals surface area contributed by atoms with Crippen molar-refractivity contribution < 1.29 is 14.6 Å². The lowest BCUT2D eigenvalue weighted by molar-refractivity contribution is -0.144.